The highest BCUT2D eigenvalue weighted by Gasteiger charge is 1.97. The van der Waals surface area contributed by atoms with E-state index >= 15 is 0 Å². The van der Waals surface area contributed by atoms with Crippen molar-refractivity contribution in [2.24, 2.45) is 0 Å². The van der Waals surface area contributed by atoms with Crippen molar-refractivity contribution in [1.29, 1.82) is 0 Å². The van der Waals surface area contributed by atoms with Gasteiger partial charge in [-0.3, -0.25) is 4.79 Å². The fourth-order valence-electron chi connectivity index (χ4n) is 3.20. The minimum atomic E-state index is -0.0440. The molecule has 0 unspecified atom stereocenters. The lowest BCUT2D eigenvalue weighted by Crippen LogP contribution is -1.97. The predicted molar refractivity (Wildman–Crippen MR) is 135 cm³/mol. The Morgan fingerprint density at radius 3 is 1.41 bits per heavy atom. The van der Waals surface area contributed by atoms with Crippen LogP contribution in [0.2, 0.25) is 0 Å². The summed E-state index contributed by atoms with van der Waals surface area (Å²) in [6.07, 6.45) is 16.4. The number of hydrogen-bond donors (Lipinski definition) is 0. The van der Waals surface area contributed by atoms with E-state index in [1.807, 2.05) is 60.7 Å². The van der Waals surface area contributed by atoms with Crippen molar-refractivity contribution in [2.75, 3.05) is 13.2 Å². The quantitative estimate of drug-likeness (QED) is 0.199. The van der Waals surface area contributed by atoms with E-state index in [2.05, 4.69) is 13.8 Å². The molecule has 0 bridgehead atoms. The van der Waals surface area contributed by atoms with Gasteiger partial charge in [-0.2, -0.15) is 0 Å². The fraction of sp³-hybridized carbons (Fsp3) is 0.414. The van der Waals surface area contributed by atoms with Gasteiger partial charge in [0.25, 0.3) is 0 Å². The average Bonchev–Trinajstić information content (AvgIpc) is 2.82. The van der Waals surface area contributed by atoms with Gasteiger partial charge < -0.3 is 9.47 Å². The van der Waals surface area contributed by atoms with Crippen LogP contribution in [0.5, 0.6) is 11.5 Å². The van der Waals surface area contributed by atoms with Crippen LogP contribution in [0.3, 0.4) is 0 Å². The Morgan fingerprint density at radius 1 is 0.625 bits per heavy atom. The fourth-order valence-corrected chi connectivity index (χ4v) is 3.20. The highest BCUT2D eigenvalue weighted by molar-refractivity contribution is 6.04. The maximum atomic E-state index is 12.2. The van der Waals surface area contributed by atoms with Gasteiger partial charge in [0.05, 0.1) is 13.2 Å². The van der Waals surface area contributed by atoms with E-state index in [0.717, 1.165) is 48.7 Å². The molecule has 0 heterocycles. The summed E-state index contributed by atoms with van der Waals surface area (Å²) in [6, 6.07) is 15.7. The molecule has 172 valence electrons. The standard InChI is InChI=1S/C29H38O3/c1-3-5-7-9-23-31-28-19-13-25(14-20-28)11-17-27(30)18-12-26-15-21-29(22-16-26)32-24-10-8-6-4-2/h11-22H,3-10,23-24H2,1-2H3/b17-11-,18-12-. The summed E-state index contributed by atoms with van der Waals surface area (Å²) in [6.45, 7) is 5.92. The summed E-state index contributed by atoms with van der Waals surface area (Å²) in [4.78, 5) is 12.2. The number of carbonyl (C=O) groups is 1. The van der Waals surface area contributed by atoms with E-state index in [-0.39, 0.29) is 5.78 Å². The highest BCUT2D eigenvalue weighted by Crippen LogP contribution is 2.15. The second-order valence-corrected chi connectivity index (χ2v) is 8.03. The number of allylic oxidation sites excluding steroid dienone is 2. The van der Waals surface area contributed by atoms with Gasteiger partial charge >= 0.3 is 0 Å². The van der Waals surface area contributed by atoms with Crippen LogP contribution in [0.25, 0.3) is 12.2 Å². The third-order valence-corrected chi connectivity index (χ3v) is 5.17. The second-order valence-electron chi connectivity index (χ2n) is 8.03. The molecule has 0 aliphatic carbocycles. The van der Waals surface area contributed by atoms with Gasteiger partial charge in [0.1, 0.15) is 11.5 Å². The van der Waals surface area contributed by atoms with Crippen LogP contribution in [0.15, 0.2) is 60.7 Å². The molecule has 0 saturated heterocycles. The number of ether oxygens (including phenoxy) is 2. The number of carbonyl (C=O) groups excluding carboxylic acids is 1. The minimum absolute atomic E-state index is 0.0440. The molecule has 2 aromatic carbocycles. The van der Waals surface area contributed by atoms with Gasteiger partial charge in [0.2, 0.25) is 0 Å². The van der Waals surface area contributed by atoms with Gasteiger partial charge in [-0.05, 0) is 60.4 Å². The molecule has 0 aliphatic heterocycles. The molecule has 2 rings (SSSR count). The summed E-state index contributed by atoms with van der Waals surface area (Å²) < 4.78 is 11.5. The molecule has 0 atom stereocenters. The van der Waals surface area contributed by atoms with Crippen LogP contribution in [-0.2, 0) is 4.79 Å². The van der Waals surface area contributed by atoms with Crippen molar-refractivity contribution >= 4 is 17.9 Å². The van der Waals surface area contributed by atoms with Gasteiger partial charge in [-0.1, -0.05) is 88.8 Å². The van der Waals surface area contributed by atoms with Crippen molar-refractivity contribution < 1.29 is 14.3 Å². The third kappa shape index (κ3) is 11.0. The van der Waals surface area contributed by atoms with Crippen LogP contribution in [-0.4, -0.2) is 19.0 Å². The predicted octanol–water partition coefficient (Wildman–Crippen LogP) is 7.90. The normalized spacial score (nSPS) is 11.3. The van der Waals surface area contributed by atoms with E-state index in [0.29, 0.717) is 0 Å². The van der Waals surface area contributed by atoms with Gasteiger partial charge in [-0.15, -0.1) is 0 Å². The van der Waals surface area contributed by atoms with Crippen LogP contribution in [0, 0.1) is 0 Å². The number of hydrogen-bond acceptors (Lipinski definition) is 3. The Kier molecular flexibility index (Phi) is 12.7. The van der Waals surface area contributed by atoms with Crippen molar-refractivity contribution in [3.63, 3.8) is 0 Å². The van der Waals surface area contributed by atoms with Gasteiger partial charge in [0, 0.05) is 0 Å². The molecular weight excluding hydrogens is 396 g/mol. The monoisotopic (exact) mass is 434 g/mol. The molecular formula is C29H38O3. The van der Waals surface area contributed by atoms with Crippen molar-refractivity contribution in [2.45, 2.75) is 65.2 Å². The second kappa shape index (κ2) is 15.9. The lowest BCUT2D eigenvalue weighted by Gasteiger charge is -2.06. The van der Waals surface area contributed by atoms with Crippen LogP contribution in [0.1, 0.15) is 76.3 Å². The number of ketones is 1. The first-order chi connectivity index (χ1) is 15.7. The van der Waals surface area contributed by atoms with Crippen molar-refractivity contribution in [3.05, 3.63) is 71.8 Å². The van der Waals surface area contributed by atoms with Crippen LogP contribution >= 0.6 is 0 Å². The van der Waals surface area contributed by atoms with Crippen LogP contribution < -0.4 is 9.47 Å². The first kappa shape index (κ1) is 25.5. The lowest BCUT2D eigenvalue weighted by molar-refractivity contribution is -0.110. The van der Waals surface area contributed by atoms with E-state index in [4.69, 9.17) is 9.47 Å². The summed E-state index contributed by atoms with van der Waals surface area (Å²) in [5.74, 6) is 1.70. The maximum absolute atomic E-state index is 12.2. The van der Waals surface area contributed by atoms with Gasteiger partial charge in [0.15, 0.2) is 5.78 Å². The third-order valence-electron chi connectivity index (χ3n) is 5.17. The zero-order chi connectivity index (χ0) is 22.9. The topological polar surface area (TPSA) is 35.5 Å². The summed E-state index contributed by atoms with van der Waals surface area (Å²) in [5.41, 5.74) is 1.95. The molecule has 0 radical (unpaired) electrons. The Morgan fingerprint density at radius 2 is 1.03 bits per heavy atom. The molecule has 0 spiro atoms. The number of benzene rings is 2. The minimum Gasteiger partial charge on any atom is -0.494 e. The van der Waals surface area contributed by atoms with E-state index < -0.39 is 0 Å². The molecule has 0 aromatic heterocycles. The summed E-state index contributed by atoms with van der Waals surface area (Å²) >= 11 is 0. The van der Waals surface area contributed by atoms with Crippen molar-refractivity contribution in [1.82, 2.24) is 0 Å². The molecule has 3 heteroatoms. The SMILES string of the molecule is CCCCCCOc1ccc(/C=C\C(=O)/C=C\c2ccc(OCCCCCC)cc2)cc1. The largest absolute Gasteiger partial charge is 0.494 e. The van der Waals surface area contributed by atoms with E-state index in [1.165, 1.54) is 38.5 Å². The lowest BCUT2D eigenvalue weighted by atomic mass is 10.1. The Balaban J connectivity index is 1.73. The van der Waals surface area contributed by atoms with E-state index in [9.17, 15) is 4.79 Å². The first-order valence-corrected chi connectivity index (χ1v) is 12.1. The smallest absolute Gasteiger partial charge is 0.178 e. The Hall–Kier alpha value is -2.81. The van der Waals surface area contributed by atoms with E-state index in [1.54, 1.807) is 12.2 Å². The molecule has 32 heavy (non-hydrogen) atoms. The molecule has 2 aromatic rings. The molecule has 0 aliphatic rings. The Bertz CT molecular complexity index is 747. The molecule has 0 N–H and O–H groups in total. The number of unbranched alkanes of at least 4 members (excludes halogenated alkanes) is 6. The first-order valence-electron chi connectivity index (χ1n) is 12.1. The Labute approximate surface area is 194 Å². The molecule has 0 fully saturated rings. The summed E-state index contributed by atoms with van der Waals surface area (Å²) in [7, 11) is 0. The number of rotatable bonds is 16. The van der Waals surface area contributed by atoms with Gasteiger partial charge in [-0.25, -0.2) is 0 Å². The molecule has 0 amide bonds. The zero-order valence-corrected chi connectivity index (χ0v) is 19.7. The molecule has 3 nitrogen and oxygen atoms in total. The van der Waals surface area contributed by atoms with Crippen molar-refractivity contribution in [3.8, 4) is 11.5 Å². The molecule has 0 saturated carbocycles. The zero-order valence-electron chi connectivity index (χ0n) is 19.7. The maximum Gasteiger partial charge on any atom is 0.178 e. The van der Waals surface area contributed by atoms with Crippen LogP contribution in [0.4, 0.5) is 0 Å². The highest BCUT2D eigenvalue weighted by atomic mass is 16.5. The summed E-state index contributed by atoms with van der Waals surface area (Å²) in [5, 5.41) is 0. The average molecular weight is 435 g/mol.